The Hall–Kier alpha value is -1.08. The molecular weight excluding hydrogens is 271 g/mol. The number of nitrogens with zero attached hydrogens (tertiary/aromatic N) is 1. The number of hydrogen-bond donors (Lipinski definition) is 1. The number of carboxylic acid groups (broad SMARTS) is 1. The Morgan fingerprint density at radius 3 is 2.45 bits per heavy atom. The molecule has 104 valence electrons. The van der Waals surface area contributed by atoms with Crippen LogP contribution in [0.2, 0.25) is 0 Å². The van der Waals surface area contributed by atoms with Crippen molar-refractivity contribution in [3.8, 4) is 0 Å². The van der Waals surface area contributed by atoms with Gasteiger partial charge in [0.1, 0.15) is 0 Å². The van der Waals surface area contributed by atoms with Gasteiger partial charge in [0, 0.05) is 12.5 Å². The molecule has 1 aromatic rings. The van der Waals surface area contributed by atoms with E-state index in [9.17, 15) is 14.7 Å². The Morgan fingerprint density at radius 1 is 1.35 bits per heavy atom. The molecule has 0 aliphatic carbocycles. The summed E-state index contributed by atoms with van der Waals surface area (Å²) < 4.78 is 0. The van der Waals surface area contributed by atoms with E-state index in [2.05, 4.69) is 0 Å². The minimum absolute atomic E-state index is 0. The maximum absolute atomic E-state index is 11.6. The molecule has 20 heavy (non-hydrogen) atoms. The summed E-state index contributed by atoms with van der Waals surface area (Å²) >= 11 is 0. The third-order valence-electron chi connectivity index (χ3n) is 2.51. The topological polar surface area (TPSA) is 95.7 Å². The van der Waals surface area contributed by atoms with Gasteiger partial charge in [0.2, 0.25) is 0 Å². The first-order valence-electron chi connectivity index (χ1n) is 6.04. The molecule has 0 spiro atoms. The Kier molecular flexibility index (Phi) is 9.24. The quantitative estimate of drug-likeness (QED) is 0.420. The van der Waals surface area contributed by atoms with Crippen molar-refractivity contribution in [2.45, 2.75) is 25.8 Å². The molecule has 1 rings (SSSR count). The Balaban J connectivity index is 0.00000361. The van der Waals surface area contributed by atoms with E-state index in [1.165, 1.54) is 5.06 Å². The molecular formula is C13H17N2NaO4. The molecule has 0 aliphatic rings. The molecule has 1 aromatic carbocycles. The zero-order valence-corrected chi connectivity index (χ0v) is 13.7. The second-order valence-corrected chi connectivity index (χ2v) is 3.96. The van der Waals surface area contributed by atoms with E-state index < -0.39 is 18.0 Å². The predicted molar refractivity (Wildman–Crippen MR) is 67.8 cm³/mol. The minimum atomic E-state index is -1.37. The number of benzene rings is 1. The van der Waals surface area contributed by atoms with Gasteiger partial charge in [-0.15, -0.1) is 0 Å². The van der Waals surface area contributed by atoms with Gasteiger partial charge in [0.05, 0.1) is 18.2 Å². The number of para-hydroxylation sites is 1. The first kappa shape index (κ1) is 18.9. The van der Waals surface area contributed by atoms with E-state index in [4.69, 9.17) is 10.6 Å². The van der Waals surface area contributed by atoms with Gasteiger partial charge in [0.15, 0.2) is 0 Å². The third-order valence-corrected chi connectivity index (χ3v) is 2.51. The van der Waals surface area contributed by atoms with Gasteiger partial charge >= 0.3 is 35.5 Å². The summed E-state index contributed by atoms with van der Waals surface area (Å²) in [6.45, 7) is 2.33. The van der Waals surface area contributed by atoms with Crippen molar-refractivity contribution in [2.75, 3.05) is 11.6 Å². The van der Waals surface area contributed by atoms with Crippen LogP contribution in [0, 0.1) is 0 Å². The summed E-state index contributed by atoms with van der Waals surface area (Å²) in [4.78, 5) is 27.1. The minimum Gasteiger partial charge on any atom is -0.548 e. The first-order chi connectivity index (χ1) is 9.04. The number of hydrogen-bond acceptors (Lipinski definition) is 6. The fourth-order valence-electron chi connectivity index (χ4n) is 1.45. The first-order valence-corrected chi connectivity index (χ1v) is 6.04. The van der Waals surface area contributed by atoms with Crippen LogP contribution in [0.4, 0.5) is 5.69 Å². The Bertz CT molecular complexity index is 428. The van der Waals surface area contributed by atoms with Crippen molar-refractivity contribution in [3.05, 3.63) is 30.3 Å². The number of nitrogens with two attached hydrogens (primary N) is 1. The van der Waals surface area contributed by atoms with E-state index in [1.807, 2.05) is 37.3 Å². The smallest absolute Gasteiger partial charge is 0.548 e. The van der Waals surface area contributed by atoms with Gasteiger partial charge in [-0.05, 0) is 25.5 Å². The number of aliphatic carboxylic acids is 1. The molecule has 0 saturated heterocycles. The molecule has 0 bridgehead atoms. The molecule has 0 fully saturated rings. The molecule has 1 atom stereocenters. The number of anilines is 1. The van der Waals surface area contributed by atoms with Gasteiger partial charge in [-0.3, -0.25) is 0 Å². The van der Waals surface area contributed by atoms with E-state index in [0.717, 1.165) is 5.69 Å². The zero-order chi connectivity index (χ0) is 14.3. The average molecular weight is 288 g/mol. The summed E-state index contributed by atoms with van der Waals surface area (Å²) in [6, 6.07) is 7.99. The summed E-state index contributed by atoms with van der Waals surface area (Å²) in [7, 11) is 0. The maximum atomic E-state index is 11.6. The SMILES string of the molecule is CCN(OC(=O)CC[C@H](N)C(=O)[O-])c1ccccc1.[Na+]. The van der Waals surface area contributed by atoms with Gasteiger partial charge < -0.3 is 20.5 Å². The van der Waals surface area contributed by atoms with Crippen molar-refractivity contribution >= 4 is 17.6 Å². The molecule has 0 saturated carbocycles. The molecule has 0 aliphatic heterocycles. The van der Waals surface area contributed by atoms with Crippen LogP contribution in [-0.2, 0) is 14.4 Å². The van der Waals surface area contributed by atoms with Crippen molar-refractivity contribution < 1.29 is 49.1 Å². The molecule has 7 heteroatoms. The van der Waals surface area contributed by atoms with Crippen molar-refractivity contribution in [1.82, 2.24) is 0 Å². The molecule has 0 unspecified atom stereocenters. The van der Waals surface area contributed by atoms with E-state index in [1.54, 1.807) is 0 Å². The van der Waals surface area contributed by atoms with Crippen LogP contribution >= 0.6 is 0 Å². The number of carbonyl (C=O) groups is 2. The van der Waals surface area contributed by atoms with Gasteiger partial charge in [0.25, 0.3) is 0 Å². The predicted octanol–water partition coefficient (Wildman–Crippen LogP) is -3.17. The summed E-state index contributed by atoms with van der Waals surface area (Å²) in [5.74, 6) is -1.90. The zero-order valence-electron chi connectivity index (χ0n) is 11.7. The van der Waals surface area contributed by atoms with Crippen LogP contribution in [0.1, 0.15) is 19.8 Å². The molecule has 6 nitrogen and oxygen atoms in total. The summed E-state index contributed by atoms with van der Waals surface area (Å²) in [5.41, 5.74) is 6.01. The molecule has 2 N–H and O–H groups in total. The van der Waals surface area contributed by atoms with E-state index >= 15 is 0 Å². The molecule has 0 amide bonds. The molecule has 0 radical (unpaired) electrons. The van der Waals surface area contributed by atoms with Crippen LogP contribution in [0.25, 0.3) is 0 Å². The van der Waals surface area contributed by atoms with Crippen LogP contribution in [0.5, 0.6) is 0 Å². The van der Waals surface area contributed by atoms with Crippen molar-refractivity contribution in [3.63, 3.8) is 0 Å². The van der Waals surface area contributed by atoms with E-state index in [-0.39, 0.29) is 42.4 Å². The second kappa shape index (κ2) is 9.77. The van der Waals surface area contributed by atoms with Crippen LogP contribution < -0.4 is 45.5 Å². The van der Waals surface area contributed by atoms with Gasteiger partial charge in [-0.25, -0.2) is 9.86 Å². The summed E-state index contributed by atoms with van der Waals surface area (Å²) in [6.07, 6.45) is -0.0774. The van der Waals surface area contributed by atoms with Crippen molar-refractivity contribution in [1.29, 1.82) is 0 Å². The fourth-order valence-corrected chi connectivity index (χ4v) is 1.45. The average Bonchev–Trinajstić information content (AvgIpc) is 2.42. The molecule has 0 heterocycles. The number of carbonyl (C=O) groups excluding carboxylic acids is 2. The van der Waals surface area contributed by atoms with E-state index in [0.29, 0.717) is 6.54 Å². The normalized spacial score (nSPS) is 11.1. The monoisotopic (exact) mass is 288 g/mol. The Labute approximate surface area is 140 Å². The second-order valence-electron chi connectivity index (χ2n) is 3.96. The standard InChI is InChI=1S/C13H18N2O4.Na/c1-2-15(10-6-4-3-5-7-10)19-12(16)9-8-11(14)13(17)18;/h3-7,11H,2,8-9,14H2,1H3,(H,17,18);/q;+1/p-1/t11-;/m0./s1. The van der Waals surface area contributed by atoms with Crippen LogP contribution in [0.3, 0.4) is 0 Å². The van der Waals surface area contributed by atoms with Gasteiger partial charge in [-0.2, -0.15) is 0 Å². The maximum Gasteiger partial charge on any atom is 1.00 e. The number of carboxylic acids is 1. The number of rotatable bonds is 7. The third kappa shape index (κ3) is 6.38. The summed E-state index contributed by atoms with van der Waals surface area (Å²) in [5, 5.41) is 11.9. The van der Waals surface area contributed by atoms with Crippen molar-refractivity contribution in [2.24, 2.45) is 5.73 Å². The molecule has 0 aromatic heterocycles. The largest absolute Gasteiger partial charge is 1.00 e. The van der Waals surface area contributed by atoms with Crippen LogP contribution in [0.15, 0.2) is 30.3 Å². The fraction of sp³-hybridized carbons (Fsp3) is 0.385. The Morgan fingerprint density at radius 2 is 1.95 bits per heavy atom. The van der Waals surface area contributed by atoms with Crippen LogP contribution in [-0.4, -0.2) is 24.5 Å². The number of hydroxylamine groups is 1. The van der Waals surface area contributed by atoms with Gasteiger partial charge in [-0.1, -0.05) is 18.2 Å².